The maximum atomic E-state index is 12.2. The second-order valence-electron chi connectivity index (χ2n) is 4.36. The number of aromatic hydroxyl groups is 1. The van der Waals surface area contributed by atoms with Gasteiger partial charge in [-0.15, -0.1) is 0 Å². The minimum atomic E-state index is -4.12. The number of phenols is 1. The summed E-state index contributed by atoms with van der Waals surface area (Å²) in [5.74, 6) is 0.159. The summed E-state index contributed by atoms with van der Waals surface area (Å²) in [6, 6.07) is 6.53. The Balaban J connectivity index is 2.68. The molecule has 1 rings (SSSR count). The van der Waals surface area contributed by atoms with Crippen molar-refractivity contribution in [3.63, 3.8) is 0 Å². The van der Waals surface area contributed by atoms with Crippen molar-refractivity contribution in [1.82, 2.24) is 4.90 Å². The maximum Gasteiger partial charge on any atom is 0.390 e. The fourth-order valence-electron chi connectivity index (χ4n) is 1.96. The minimum absolute atomic E-state index is 0.0249. The summed E-state index contributed by atoms with van der Waals surface area (Å²) in [7, 11) is 1.69. The van der Waals surface area contributed by atoms with Gasteiger partial charge in [0.2, 0.25) is 0 Å². The molecule has 1 unspecified atom stereocenters. The molecule has 0 aliphatic carbocycles. The van der Waals surface area contributed by atoms with Crippen LogP contribution in [0.3, 0.4) is 0 Å². The van der Waals surface area contributed by atoms with E-state index in [1.54, 1.807) is 36.2 Å². The van der Waals surface area contributed by atoms with Gasteiger partial charge in [-0.25, -0.2) is 0 Å². The number of rotatable bonds is 5. The normalized spacial score (nSPS) is 13.9. The zero-order valence-corrected chi connectivity index (χ0v) is 10.5. The van der Waals surface area contributed by atoms with Crippen molar-refractivity contribution in [2.45, 2.75) is 32.0 Å². The third-order valence-corrected chi connectivity index (χ3v) is 2.94. The van der Waals surface area contributed by atoms with Gasteiger partial charge in [0, 0.05) is 12.6 Å². The van der Waals surface area contributed by atoms with Crippen LogP contribution in [-0.2, 0) is 0 Å². The SMILES string of the molecule is CCC(c1ccc(O)cc1)N(C)CCC(F)(F)F. The summed E-state index contributed by atoms with van der Waals surface area (Å²) >= 11 is 0. The van der Waals surface area contributed by atoms with Crippen molar-refractivity contribution in [3.05, 3.63) is 29.8 Å². The monoisotopic (exact) mass is 261 g/mol. The van der Waals surface area contributed by atoms with Crippen LogP contribution in [0, 0.1) is 0 Å². The molecule has 0 aromatic heterocycles. The number of phenolic OH excluding ortho intramolecular Hbond substituents is 1. The summed E-state index contributed by atoms with van der Waals surface area (Å²) in [6.45, 7) is 1.91. The van der Waals surface area contributed by atoms with Crippen LogP contribution in [-0.4, -0.2) is 29.8 Å². The summed E-state index contributed by atoms with van der Waals surface area (Å²) in [4.78, 5) is 1.69. The van der Waals surface area contributed by atoms with Crippen LogP contribution >= 0.6 is 0 Å². The zero-order chi connectivity index (χ0) is 13.8. The molecule has 1 atom stereocenters. The first-order chi connectivity index (χ1) is 8.33. The third-order valence-electron chi connectivity index (χ3n) is 2.94. The van der Waals surface area contributed by atoms with Gasteiger partial charge in [-0.1, -0.05) is 19.1 Å². The average Bonchev–Trinajstić information content (AvgIpc) is 2.29. The number of nitrogens with zero attached hydrogens (tertiary/aromatic N) is 1. The first-order valence-electron chi connectivity index (χ1n) is 5.89. The highest BCUT2D eigenvalue weighted by Crippen LogP contribution is 2.27. The molecule has 0 spiro atoms. The summed E-state index contributed by atoms with van der Waals surface area (Å²) in [6.07, 6.45) is -4.21. The Morgan fingerprint density at radius 3 is 2.22 bits per heavy atom. The third kappa shape index (κ3) is 4.56. The van der Waals surface area contributed by atoms with Gasteiger partial charge in [0.05, 0.1) is 6.42 Å². The fourth-order valence-corrected chi connectivity index (χ4v) is 1.96. The van der Waals surface area contributed by atoms with Crippen LogP contribution in [0.25, 0.3) is 0 Å². The standard InChI is InChI=1S/C13H18F3NO/c1-3-12(10-4-6-11(18)7-5-10)17(2)9-8-13(14,15)16/h4-7,12,18H,3,8-9H2,1-2H3. The van der Waals surface area contributed by atoms with E-state index in [9.17, 15) is 18.3 Å². The van der Waals surface area contributed by atoms with E-state index in [1.165, 1.54) is 0 Å². The van der Waals surface area contributed by atoms with E-state index in [0.29, 0.717) is 0 Å². The number of alkyl halides is 3. The second kappa shape index (κ2) is 6.09. The molecule has 0 fully saturated rings. The Bertz CT molecular complexity index is 361. The lowest BCUT2D eigenvalue weighted by Gasteiger charge is -2.28. The Hall–Kier alpha value is -1.23. The second-order valence-corrected chi connectivity index (χ2v) is 4.36. The zero-order valence-electron chi connectivity index (χ0n) is 10.5. The van der Waals surface area contributed by atoms with Crippen LogP contribution in [0.5, 0.6) is 5.75 Å². The van der Waals surface area contributed by atoms with Crippen molar-refractivity contribution in [1.29, 1.82) is 0 Å². The Kier molecular flexibility index (Phi) is 5.02. The van der Waals surface area contributed by atoms with Crippen LogP contribution in [0.2, 0.25) is 0 Å². The van der Waals surface area contributed by atoms with E-state index in [4.69, 9.17) is 0 Å². The molecule has 102 valence electrons. The molecule has 1 aromatic carbocycles. The Labute approximate surface area is 105 Å². The lowest BCUT2D eigenvalue weighted by atomic mass is 10.0. The highest BCUT2D eigenvalue weighted by molar-refractivity contribution is 5.28. The van der Waals surface area contributed by atoms with Gasteiger partial charge in [-0.05, 0) is 31.2 Å². The van der Waals surface area contributed by atoms with E-state index in [2.05, 4.69) is 0 Å². The predicted octanol–water partition coefficient (Wildman–Crippen LogP) is 3.73. The molecule has 1 aromatic rings. The Morgan fingerprint density at radius 2 is 1.78 bits per heavy atom. The number of halogens is 3. The van der Waals surface area contributed by atoms with Gasteiger partial charge in [-0.2, -0.15) is 13.2 Å². The molecule has 0 aliphatic rings. The van der Waals surface area contributed by atoms with Crippen LogP contribution < -0.4 is 0 Å². The molecule has 0 heterocycles. The van der Waals surface area contributed by atoms with Gasteiger partial charge in [0.25, 0.3) is 0 Å². The largest absolute Gasteiger partial charge is 0.508 e. The molecule has 0 amide bonds. The van der Waals surface area contributed by atoms with E-state index in [-0.39, 0.29) is 18.3 Å². The van der Waals surface area contributed by atoms with Crippen molar-refractivity contribution >= 4 is 0 Å². The fraction of sp³-hybridized carbons (Fsp3) is 0.538. The number of hydrogen-bond donors (Lipinski definition) is 1. The molecule has 5 heteroatoms. The molecule has 0 aliphatic heterocycles. The molecule has 0 saturated heterocycles. The van der Waals surface area contributed by atoms with E-state index >= 15 is 0 Å². The average molecular weight is 261 g/mol. The quantitative estimate of drug-likeness (QED) is 0.873. The molecular formula is C13H18F3NO. The molecule has 2 nitrogen and oxygen atoms in total. The van der Waals surface area contributed by atoms with Crippen LogP contribution in [0.4, 0.5) is 13.2 Å². The van der Waals surface area contributed by atoms with Gasteiger partial charge in [0.1, 0.15) is 5.75 Å². The smallest absolute Gasteiger partial charge is 0.390 e. The van der Waals surface area contributed by atoms with Gasteiger partial charge >= 0.3 is 6.18 Å². The summed E-state index contributed by atoms with van der Waals surface area (Å²) < 4.78 is 36.5. The summed E-state index contributed by atoms with van der Waals surface area (Å²) in [5, 5.41) is 9.20. The maximum absolute atomic E-state index is 12.2. The van der Waals surface area contributed by atoms with Gasteiger partial charge < -0.3 is 5.11 Å². The van der Waals surface area contributed by atoms with Crippen molar-refractivity contribution in [3.8, 4) is 5.75 Å². The molecule has 0 saturated carbocycles. The molecule has 18 heavy (non-hydrogen) atoms. The molecule has 0 bridgehead atoms. The topological polar surface area (TPSA) is 23.5 Å². The van der Waals surface area contributed by atoms with Gasteiger partial charge in [-0.3, -0.25) is 4.90 Å². The lowest BCUT2D eigenvalue weighted by molar-refractivity contribution is -0.138. The molecular weight excluding hydrogens is 243 g/mol. The first kappa shape index (κ1) is 14.8. The van der Waals surface area contributed by atoms with Gasteiger partial charge in [0.15, 0.2) is 0 Å². The van der Waals surface area contributed by atoms with E-state index < -0.39 is 12.6 Å². The summed E-state index contributed by atoms with van der Waals surface area (Å²) in [5.41, 5.74) is 0.917. The van der Waals surface area contributed by atoms with E-state index in [1.807, 2.05) is 6.92 Å². The first-order valence-corrected chi connectivity index (χ1v) is 5.89. The predicted molar refractivity (Wildman–Crippen MR) is 64.4 cm³/mol. The highest BCUT2D eigenvalue weighted by atomic mass is 19.4. The number of hydrogen-bond acceptors (Lipinski definition) is 2. The lowest BCUT2D eigenvalue weighted by Crippen LogP contribution is -2.28. The van der Waals surface area contributed by atoms with Crippen molar-refractivity contribution in [2.75, 3.05) is 13.6 Å². The minimum Gasteiger partial charge on any atom is -0.508 e. The van der Waals surface area contributed by atoms with Crippen molar-refractivity contribution < 1.29 is 18.3 Å². The van der Waals surface area contributed by atoms with E-state index in [0.717, 1.165) is 12.0 Å². The highest BCUT2D eigenvalue weighted by Gasteiger charge is 2.28. The van der Waals surface area contributed by atoms with Crippen LogP contribution in [0.1, 0.15) is 31.4 Å². The van der Waals surface area contributed by atoms with Crippen LogP contribution in [0.15, 0.2) is 24.3 Å². The van der Waals surface area contributed by atoms with Crippen molar-refractivity contribution in [2.24, 2.45) is 0 Å². The molecule has 0 radical (unpaired) electrons. The molecule has 1 N–H and O–H groups in total. The number of benzene rings is 1. The Morgan fingerprint density at radius 1 is 1.22 bits per heavy atom.